The van der Waals surface area contributed by atoms with Crippen molar-refractivity contribution < 1.29 is 32.6 Å². The molecule has 3 rings (SSSR count). The van der Waals surface area contributed by atoms with Crippen LogP contribution in [0.3, 0.4) is 0 Å². The molecule has 1 heterocycles. The molecule has 0 unspecified atom stereocenters. The van der Waals surface area contributed by atoms with Crippen LogP contribution in [0, 0.1) is 0 Å². The van der Waals surface area contributed by atoms with Crippen molar-refractivity contribution in [1.29, 1.82) is 0 Å². The number of aromatic amines is 1. The maximum absolute atomic E-state index is 12.7. The Morgan fingerprint density at radius 2 is 1.87 bits per heavy atom. The van der Waals surface area contributed by atoms with E-state index in [1.165, 1.54) is 32.2 Å². The number of rotatable bonds is 8. The zero-order valence-corrected chi connectivity index (χ0v) is 16.2. The summed E-state index contributed by atoms with van der Waals surface area (Å²) in [6, 6.07) is 11.8. The van der Waals surface area contributed by atoms with Crippen LogP contribution in [0.25, 0.3) is 17.0 Å². The fourth-order valence-corrected chi connectivity index (χ4v) is 2.96. The molecule has 30 heavy (non-hydrogen) atoms. The van der Waals surface area contributed by atoms with Crippen molar-refractivity contribution in [3.63, 3.8) is 0 Å². The SMILES string of the molecule is COc1cccc(/C=C/C(=O)O[C@H](C)C(=O)c2c[nH]c3ccccc23)c1OC(F)F. The van der Waals surface area contributed by atoms with Gasteiger partial charge in [0.2, 0.25) is 5.78 Å². The molecule has 0 fully saturated rings. The number of nitrogens with one attached hydrogen (secondary N) is 1. The van der Waals surface area contributed by atoms with E-state index in [2.05, 4.69) is 9.72 Å². The van der Waals surface area contributed by atoms with E-state index in [0.29, 0.717) is 5.56 Å². The first kappa shape index (κ1) is 21.0. The number of carbonyl (C=O) groups is 2. The van der Waals surface area contributed by atoms with Gasteiger partial charge in [-0.2, -0.15) is 8.78 Å². The predicted octanol–water partition coefficient (Wildman–Crippen LogP) is 4.61. The number of para-hydroxylation sites is 2. The van der Waals surface area contributed by atoms with Gasteiger partial charge < -0.3 is 19.2 Å². The summed E-state index contributed by atoms with van der Waals surface area (Å²) in [4.78, 5) is 27.8. The summed E-state index contributed by atoms with van der Waals surface area (Å²) in [7, 11) is 1.31. The van der Waals surface area contributed by atoms with Crippen molar-refractivity contribution in [1.82, 2.24) is 4.98 Å². The predicted molar refractivity (Wildman–Crippen MR) is 107 cm³/mol. The fourth-order valence-electron chi connectivity index (χ4n) is 2.96. The summed E-state index contributed by atoms with van der Waals surface area (Å²) < 4.78 is 40.1. The van der Waals surface area contributed by atoms with Gasteiger partial charge in [0.15, 0.2) is 17.6 Å². The Balaban J connectivity index is 1.72. The van der Waals surface area contributed by atoms with E-state index in [1.54, 1.807) is 24.4 Å². The van der Waals surface area contributed by atoms with Crippen LogP contribution in [0.4, 0.5) is 8.78 Å². The minimum atomic E-state index is -3.06. The second kappa shape index (κ2) is 9.21. The number of ether oxygens (including phenoxy) is 3. The number of halogens is 2. The smallest absolute Gasteiger partial charge is 0.387 e. The fraction of sp³-hybridized carbons (Fsp3) is 0.182. The molecule has 0 bridgehead atoms. The largest absolute Gasteiger partial charge is 0.493 e. The number of hydrogen-bond acceptors (Lipinski definition) is 5. The van der Waals surface area contributed by atoms with Crippen molar-refractivity contribution >= 4 is 28.7 Å². The molecule has 0 saturated carbocycles. The van der Waals surface area contributed by atoms with Gasteiger partial charge in [0.25, 0.3) is 0 Å². The van der Waals surface area contributed by atoms with E-state index in [9.17, 15) is 18.4 Å². The lowest BCUT2D eigenvalue weighted by Gasteiger charge is -2.12. The van der Waals surface area contributed by atoms with Crippen LogP contribution in [0.5, 0.6) is 11.5 Å². The number of ketones is 1. The first-order valence-electron chi connectivity index (χ1n) is 9.01. The summed E-state index contributed by atoms with van der Waals surface area (Å²) in [5.74, 6) is -1.28. The zero-order chi connectivity index (χ0) is 21.7. The van der Waals surface area contributed by atoms with Crippen LogP contribution in [-0.4, -0.2) is 36.6 Å². The summed E-state index contributed by atoms with van der Waals surface area (Å²) >= 11 is 0. The Hall–Kier alpha value is -3.68. The number of esters is 1. The van der Waals surface area contributed by atoms with Gasteiger partial charge in [-0.15, -0.1) is 0 Å². The van der Waals surface area contributed by atoms with Gasteiger partial charge >= 0.3 is 12.6 Å². The zero-order valence-electron chi connectivity index (χ0n) is 16.2. The highest BCUT2D eigenvalue weighted by molar-refractivity contribution is 6.10. The normalized spacial score (nSPS) is 12.3. The van der Waals surface area contributed by atoms with E-state index in [0.717, 1.165) is 17.0 Å². The van der Waals surface area contributed by atoms with Gasteiger partial charge in [-0.05, 0) is 25.1 Å². The molecule has 1 N–H and O–H groups in total. The van der Waals surface area contributed by atoms with Gasteiger partial charge in [0, 0.05) is 34.3 Å². The van der Waals surface area contributed by atoms with E-state index >= 15 is 0 Å². The lowest BCUT2D eigenvalue weighted by atomic mass is 10.1. The molecule has 6 nitrogen and oxygen atoms in total. The average Bonchev–Trinajstić information content (AvgIpc) is 3.16. The molecule has 8 heteroatoms. The monoisotopic (exact) mass is 415 g/mol. The van der Waals surface area contributed by atoms with Crippen molar-refractivity contribution in [3.05, 3.63) is 65.9 Å². The van der Waals surface area contributed by atoms with Crippen molar-refractivity contribution in [2.24, 2.45) is 0 Å². The molecule has 0 saturated heterocycles. The first-order valence-corrected chi connectivity index (χ1v) is 9.01. The van der Waals surface area contributed by atoms with Crippen LogP contribution >= 0.6 is 0 Å². The number of carbonyl (C=O) groups excluding carboxylic acids is 2. The van der Waals surface area contributed by atoms with Crippen LogP contribution < -0.4 is 9.47 Å². The highest BCUT2D eigenvalue weighted by Crippen LogP contribution is 2.33. The Bertz CT molecular complexity index is 1090. The average molecular weight is 415 g/mol. The first-order chi connectivity index (χ1) is 14.4. The van der Waals surface area contributed by atoms with Gasteiger partial charge in [-0.25, -0.2) is 4.79 Å². The van der Waals surface area contributed by atoms with Crippen LogP contribution in [0.1, 0.15) is 22.8 Å². The minimum absolute atomic E-state index is 0.0914. The number of H-pyrrole nitrogens is 1. The third-order valence-electron chi connectivity index (χ3n) is 4.35. The Morgan fingerprint density at radius 3 is 2.60 bits per heavy atom. The highest BCUT2D eigenvalue weighted by atomic mass is 19.3. The minimum Gasteiger partial charge on any atom is -0.493 e. The molecular weight excluding hydrogens is 396 g/mol. The van der Waals surface area contributed by atoms with Gasteiger partial charge in [0.05, 0.1) is 7.11 Å². The number of alkyl halides is 2. The number of fused-ring (bicyclic) bond motifs is 1. The Kier molecular flexibility index (Phi) is 6.46. The maximum Gasteiger partial charge on any atom is 0.387 e. The van der Waals surface area contributed by atoms with Crippen molar-refractivity contribution in [3.8, 4) is 11.5 Å². The molecule has 2 aromatic carbocycles. The molecule has 1 atom stereocenters. The second-order valence-electron chi connectivity index (χ2n) is 6.28. The summed E-state index contributed by atoms with van der Waals surface area (Å²) in [5.41, 5.74) is 1.40. The second-order valence-corrected chi connectivity index (χ2v) is 6.28. The van der Waals surface area contributed by atoms with Crippen LogP contribution in [-0.2, 0) is 9.53 Å². The molecule has 156 valence electrons. The number of hydrogen-bond donors (Lipinski definition) is 1. The van der Waals surface area contributed by atoms with Crippen LogP contribution in [0.2, 0.25) is 0 Å². The topological polar surface area (TPSA) is 77.6 Å². The molecule has 0 aliphatic carbocycles. The van der Waals surface area contributed by atoms with Crippen molar-refractivity contribution in [2.75, 3.05) is 7.11 Å². The molecule has 0 spiro atoms. The maximum atomic E-state index is 12.7. The molecule has 0 radical (unpaired) electrons. The van der Waals surface area contributed by atoms with Crippen LogP contribution in [0.15, 0.2) is 54.7 Å². The van der Waals surface area contributed by atoms with E-state index < -0.39 is 18.7 Å². The standard InChI is InChI=1S/C22H19F2NO5/c1-13(20(27)16-12-25-17-8-4-3-7-15(16)17)29-19(26)11-10-14-6-5-9-18(28-2)21(14)30-22(23)24/h3-13,22,25H,1-2H3/b11-10+/t13-/m1/s1. The Morgan fingerprint density at radius 1 is 1.10 bits per heavy atom. The lowest BCUT2D eigenvalue weighted by Crippen LogP contribution is -2.23. The van der Waals surface area contributed by atoms with Gasteiger partial charge in [-0.1, -0.05) is 30.3 Å². The van der Waals surface area contributed by atoms with Crippen molar-refractivity contribution in [2.45, 2.75) is 19.6 Å². The Labute approximate surface area is 171 Å². The van der Waals surface area contributed by atoms with E-state index in [-0.39, 0.29) is 22.8 Å². The highest BCUT2D eigenvalue weighted by Gasteiger charge is 2.21. The van der Waals surface area contributed by atoms with Gasteiger partial charge in [-0.3, -0.25) is 4.79 Å². The molecule has 0 aliphatic heterocycles. The van der Waals surface area contributed by atoms with E-state index in [1.807, 2.05) is 12.1 Å². The third-order valence-corrected chi connectivity index (χ3v) is 4.35. The molecular formula is C22H19F2NO5. The third kappa shape index (κ3) is 4.65. The molecule has 0 aliphatic rings. The summed E-state index contributed by atoms with van der Waals surface area (Å²) in [6.45, 7) is -1.60. The van der Waals surface area contributed by atoms with E-state index in [4.69, 9.17) is 9.47 Å². The molecule has 1 aromatic heterocycles. The quantitative estimate of drug-likeness (QED) is 0.330. The summed E-state index contributed by atoms with van der Waals surface area (Å²) in [6.07, 6.45) is 2.82. The number of Topliss-reactive ketones (excluding diaryl/α,β-unsaturated/α-hetero) is 1. The lowest BCUT2D eigenvalue weighted by molar-refractivity contribution is -0.140. The number of methoxy groups -OCH3 is 1. The number of benzene rings is 2. The molecule has 3 aromatic rings. The summed E-state index contributed by atoms with van der Waals surface area (Å²) in [5, 5.41) is 0.728. The number of aromatic nitrogens is 1. The molecule has 0 amide bonds. The van der Waals surface area contributed by atoms with Gasteiger partial charge in [0.1, 0.15) is 0 Å².